The molecule has 352 valence electrons. The van der Waals surface area contributed by atoms with Crippen LogP contribution in [0.4, 0.5) is 0 Å². The number of carbonyl (C=O) groups excluding carboxylic acids is 4. The molecule has 0 spiro atoms. The van der Waals surface area contributed by atoms with Crippen LogP contribution in [0, 0.1) is 46.8 Å². The zero-order valence-electron chi connectivity index (χ0n) is 39.4. The van der Waals surface area contributed by atoms with E-state index in [1.807, 2.05) is 74.8 Å². The van der Waals surface area contributed by atoms with E-state index in [0.717, 1.165) is 53.8 Å². The Bertz CT molecular complexity index is 2360. The number of likely N-dealkylation sites (tertiary alicyclic amines) is 1. The van der Waals surface area contributed by atoms with Crippen molar-refractivity contribution in [2.45, 2.75) is 125 Å². The van der Waals surface area contributed by atoms with Gasteiger partial charge in [0.25, 0.3) is 0 Å². The zero-order valence-corrected chi connectivity index (χ0v) is 41.0. The third-order valence-corrected chi connectivity index (χ3v) is 15.0. The number of aryl methyl sites for hydroxylation is 2. The highest BCUT2D eigenvalue weighted by Crippen LogP contribution is 2.61. The van der Waals surface area contributed by atoms with Gasteiger partial charge >= 0.3 is 0 Å². The molecule has 1 aromatic heterocycles. The summed E-state index contributed by atoms with van der Waals surface area (Å²) in [5.41, 5.74) is 6.57. The van der Waals surface area contributed by atoms with Gasteiger partial charge in [0.05, 0.1) is 32.8 Å². The molecule has 0 bridgehead atoms. The lowest BCUT2D eigenvalue weighted by atomic mass is 9.44. The van der Waals surface area contributed by atoms with Crippen LogP contribution in [0.2, 0.25) is 5.02 Å². The van der Waals surface area contributed by atoms with Crippen molar-refractivity contribution in [1.82, 2.24) is 15.2 Å². The molecule has 2 fully saturated rings. The average molecular weight is 938 g/mol. The summed E-state index contributed by atoms with van der Waals surface area (Å²) in [4.78, 5) is 60.6. The second kappa shape index (κ2) is 22.2. The number of aliphatic hydroxyl groups excluding tert-OH is 1. The Morgan fingerprint density at radius 1 is 0.970 bits per heavy atom. The highest BCUT2D eigenvalue weighted by atomic mass is 35.5. The molecule has 1 saturated carbocycles. The summed E-state index contributed by atoms with van der Waals surface area (Å²) in [6, 6.07) is 22.3. The van der Waals surface area contributed by atoms with Gasteiger partial charge in [0.1, 0.15) is 30.6 Å². The molecule has 2 heterocycles. The molecule has 1 aliphatic carbocycles. The van der Waals surface area contributed by atoms with E-state index in [0.29, 0.717) is 34.9 Å². The lowest BCUT2D eigenvalue weighted by Crippen LogP contribution is -2.66. The largest absolute Gasteiger partial charge is 0.489 e. The van der Waals surface area contributed by atoms with Crippen molar-refractivity contribution >= 4 is 46.3 Å². The summed E-state index contributed by atoms with van der Waals surface area (Å²) in [5, 5.41) is 23.1. The molecule has 1 unspecified atom stereocenters. The summed E-state index contributed by atoms with van der Waals surface area (Å²) < 4.78 is 12.1. The summed E-state index contributed by atoms with van der Waals surface area (Å²) in [7, 11) is 0. The van der Waals surface area contributed by atoms with Gasteiger partial charge in [0.2, 0.25) is 11.8 Å². The van der Waals surface area contributed by atoms with E-state index in [1.165, 1.54) is 10.5 Å². The van der Waals surface area contributed by atoms with E-state index < -0.39 is 18.1 Å². The van der Waals surface area contributed by atoms with Crippen molar-refractivity contribution in [2.24, 2.45) is 28.6 Å². The molecule has 2 aliphatic rings. The van der Waals surface area contributed by atoms with Crippen LogP contribution in [0.15, 0.2) is 72.2 Å². The number of carbonyl (C=O) groups is 4. The van der Waals surface area contributed by atoms with Gasteiger partial charge in [-0.15, -0.1) is 11.3 Å². The van der Waals surface area contributed by atoms with E-state index >= 15 is 0 Å². The number of β-amino-alcohol motifs (C(OH)–C–C–N with tert-alkyl or cyclic N) is 1. The number of unbranched alkanes of at least 4 members (excludes halogenated alkanes) is 3. The quantitative estimate of drug-likeness (QED) is 0.0578. The van der Waals surface area contributed by atoms with Crippen LogP contribution in [-0.2, 0) is 32.1 Å². The zero-order chi connectivity index (χ0) is 47.8. The minimum absolute atomic E-state index is 0.0104. The monoisotopic (exact) mass is 936 g/mol. The van der Waals surface area contributed by atoms with Gasteiger partial charge < -0.3 is 24.8 Å². The number of aliphatic hydroxyl groups is 1. The average Bonchev–Trinajstić information content (AvgIpc) is 3.91. The van der Waals surface area contributed by atoms with Crippen molar-refractivity contribution < 1.29 is 33.8 Å². The summed E-state index contributed by atoms with van der Waals surface area (Å²) in [5.74, 6) is -0.709. The van der Waals surface area contributed by atoms with Crippen LogP contribution >= 0.6 is 22.9 Å². The van der Waals surface area contributed by atoms with Crippen molar-refractivity contribution in [3.05, 3.63) is 105 Å². The number of thiazole rings is 1. The number of Topliss-reactive ketones (excluding diaryl/α,β-unsaturated/α-hetero) is 2. The highest BCUT2D eigenvalue weighted by molar-refractivity contribution is 7.13. The van der Waals surface area contributed by atoms with Crippen LogP contribution in [-0.4, -0.2) is 76.4 Å². The summed E-state index contributed by atoms with van der Waals surface area (Å²) in [6.45, 7) is 15.0. The third-order valence-electron chi connectivity index (χ3n) is 13.8. The first-order chi connectivity index (χ1) is 31.4. The fourth-order valence-electron chi connectivity index (χ4n) is 10.1. The number of benzene rings is 3. The molecule has 0 radical (unpaired) electrons. The Morgan fingerprint density at radius 2 is 1.65 bits per heavy atom. The number of aromatic nitrogens is 1. The van der Waals surface area contributed by atoms with Crippen molar-refractivity contribution in [3.8, 4) is 22.3 Å². The molecule has 13 heteroatoms. The number of nitriles is 1. The maximum atomic E-state index is 13.8. The minimum atomic E-state index is -0.820. The molecule has 1 saturated heterocycles. The Morgan fingerprint density at radius 3 is 2.29 bits per heavy atom. The van der Waals surface area contributed by atoms with Gasteiger partial charge in [-0.2, -0.15) is 5.26 Å². The molecule has 66 heavy (non-hydrogen) atoms. The number of rotatable bonds is 22. The standard InChI is InChI=1S/C53H65ClN4O7S/c1-33(2)43(50(63)58-30-40(59)25-45(58)49(62)56-29-36-15-19-38(20-16-36)48-34(3)57-32-66-48)24-41(60)31-64-23-11-9-8-10-12-35-13-17-37(18-14-35)46(61)27-47-52(4,5)51(53(47,6)7)65-42-22-21-39(28-55)44(54)26-42/h13-22,26,32-33,40,43,45,47,51,59H,8-12,23-25,27,29-31H2,1-7H3,(H,56,62)/t40-,43+,45?,47?,51?/m1/s1. The maximum Gasteiger partial charge on any atom is 0.243 e. The van der Waals surface area contributed by atoms with Crippen molar-refractivity contribution in [1.29, 1.82) is 5.26 Å². The number of ether oxygens (including phenoxy) is 2. The van der Waals surface area contributed by atoms with Gasteiger partial charge in [0.15, 0.2) is 11.6 Å². The fourth-order valence-corrected chi connectivity index (χ4v) is 11.2. The first kappa shape index (κ1) is 50.5. The fraction of sp³-hybridized carbons (Fsp3) is 0.509. The van der Waals surface area contributed by atoms with Gasteiger partial charge in [-0.3, -0.25) is 19.2 Å². The summed E-state index contributed by atoms with van der Waals surface area (Å²) >= 11 is 7.83. The predicted octanol–water partition coefficient (Wildman–Crippen LogP) is 9.98. The van der Waals surface area contributed by atoms with Crippen LogP contribution in [0.1, 0.15) is 119 Å². The first-order valence-electron chi connectivity index (χ1n) is 23.2. The van der Waals surface area contributed by atoms with Crippen molar-refractivity contribution in [3.63, 3.8) is 0 Å². The van der Waals surface area contributed by atoms with E-state index in [2.05, 4.69) is 44.1 Å². The minimum Gasteiger partial charge on any atom is -0.489 e. The summed E-state index contributed by atoms with van der Waals surface area (Å²) in [6.07, 6.45) is 4.29. The molecule has 11 nitrogen and oxygen atoms in total. The number of hydrogen-bond acceptors (Lipinski definition) is 10. The molecule has 2 N–H and O–H groups in total. The van der Waals surface area contributed by atoms with Crippen LogP contribution in [0.3, 0.4) is 0 Å². The Labute approximate surface area is 399 Å². The van der Waals surface area contributed by atoms with Gasteiger partial charge in [-0.25, -0.2) is 4.98 Å². The van der Waals surface area contributed by atoms with Crippen molar-refractivity contribution in [2.75, 3.05) is 19.8 Å². The van der Waals surface area contributed by atoms with Gasteiger partial charge in [-0.05, 0) is 66.8 Å². The molecule has 3 atom stereocenters. The highest BCUT2D eigenvalue weighted by Gasteiger charge is 2.63. The first-order valence-corrected chi connectivity index (χ1v) is 24.5. The Hall–Kier alpha value is -4.93. The Balaban J connectivity index is 0.864. The second-order valence-corrected chi connectivity index (χ2v) is 20.9. The maximum absolute atomic E-state index is 13.8. The van der Waals surface area contributed by atoms with Crippen LogP contribution in [0.25, 0.3) is 10.4 Å². The SMILES string of the molecule is Cc1ncsc1-c1ccc(CNC(=O)C2C[C@@H](O)CN2C(=O)[C@@H](CC(=O)COCCCCCCc2ccc(C(=O)CC3C(C)(C)C(Oc4ccc(C#N)c(Cl)c4)C3(C)C)cc2)C(C)C)cc1. The number of ketones is 2. The molecule has 1 aliphatic heterocycles. The van der Waals surface area contributed by atoms with Gasteiger partial charge in [0, 0.05) is 67.3 Å². The molecule has 6 rings (SSSR count). The van der Waals surface area contributed by atoms with Gasteiger partial charge in [-0.1, -0.05) is 115 Å². The third kappa shape index (κ3) is 12.1. The lowest BCUT2D eigenvalue weighted by Gasteiger charge is -2.63. The van der Waals surface area contributed by atoms with E-state index in [-0.39, 0.29) is 84.7 Å². The number of nitrogens with zero attached hydrogens (tertiary/aromatic N) is 3. The smallest absolute Gasteiger partial charge is 0.243 e. The predicted molar refractivity (Wildman–Crippen MR) is 258 cm³/mol. The van der Waals surface area contributed by atoms with Crippen LogP contribution < -0.4 is 10.1 Å². The molecule has 4 aromatic rings. The number of hydrogen-bond donors (Lipinski definition) is 2. The van der Waals surface area contributed by atoms with E-state index in [9.17, 15) is 29.5 Å². The molecular formula is C53H65ClN4O7S. The second-order valence-electron chi connectivity index (χ2n) is 19.7. The molecule has 3 aromatic carbocycles. The normalized spacial score (nSPS) is 20.0. The Kier molecular flexibility index (Phi) is 17.0. The van der Waals surface area contributed by atoms with E-state index in [4.69, 9.17) is 21.1 Å². The number of halogens is 1. The topological polar surface area (TPSA) is 159 Å². The van der Waals surface area contributed by atoms with Crippen LogP contribution in [0.5, 0.6) is 5.75 Å². The number of nitrogens with one attached hydrogen (secondary N) is 1. The molecular weight excluding hydrogens is 872 g/mol. The molecule has 2 amide bonds. The lowest BCUT2D eigenvalue weighted by molar-refractivity contribution is -0.196. The number of amides is 2. The van der Waals surface area contributed by atoms with E-state index in [1.54, 1.807) is 29.5 Å².